The highest BCUT2D eigenvalue weighted by Crippen LogP contribution is 2.13. The number of benzene rings is 2. The Kier molecular flexibility index (Phi) is 4.87. The summed E-state index contributed by atoms with van der Waals surface area (Å²) in [6, 6.07) is 10.8. The largest absolute Gasteiger partial charge is 0.492 e. The van der Waals surface area contributed by atoms with Crippen LogP contribution in [0.1, 0.15) is 15.9 Å². The molecular weight excluding hydrogens is 276 g/mol. The number of aryl methyl sites for hydroxylation is 1. The van der Waals surface area contributed by atoms with Gasteiger partial charge in [0.1, 0.15) is 29.6 Å². The topological polar surface area (TPSA) is 38.3 Å². The van der Waals surface area contributed by atoms with Crippen LogP contribution in [0.25, 0.3) is 0 Å². The van der Waals surface area contributed by atoms with E-state index in [-0.39, 0.29) is 13.2 Å². The van der Waals surface area contributed by atoms with Crippen molar-refractivity contribution >= 4 is 5.91 Å². The van der Waals surface area contributed by atoms with E-state index in [0.29, 0.717) is 5.75 Å². The highest BCUT2D eigenvalue weighted by atomic mass is 19.1. The predicted molar refractivity (Wildman–Crippen MR) is 75.4 cm³/mol. The molecule has 1 amide bonds. The number of halogens is 2. The van der Waals surface area contributed by atoms with Crippen LogP contribution in [-0.2, 0) is 0 Å². The minimum Gasteiger partial charge on any atom is -0.492 e. The van der Waals surface area contributed by atoms with Crippen LogP contribution in [0.2, 0.25) is 0 Å². The normalized spacial score (nSPS) is 10.2. The summed E-state index contributed by atoms with van der Waals surface area (Å²) in [5.41, 5.74) is 0.484. The van der Waals surface area contributed by atoms with Gasteiger partial charge in [0, 0.05) is 0 Å². The average Bonchev–Trinajstić information content (AvgIpc) is 2.43. The minimum absolute atomic E-state index is 0.153. The third-order valence-electron chi connectivity index (χ3n) is 2.84. The van der Waals surface area contributed by atoms with E-state index < -0.39 is 23.1 Å². The smallest absolute Gasteiger partial charge is 0.257 e. The monoisotopic (exact) mass is 291 g/mol. The summed E-state index contributed by atoms with van der Waals surface area (Å²) in [6.07, 6.45) is 0. The van der Waals surface area contributed by atoms with Gasteiger partial charge in [-0.1, -0.05) is 18.2 Å². The van der Waals surface area contributed by atoms with E-state index in [0.717, 1.165) is 17.7 Å². The van der Waals surface area contributed by atoms with Crippen LogP contribution >= 0.6 is 0 Å². The molecule has 0 aliphatic rings. The van der Waals surface area contributed by atoms with E-state index in [1.54, 1.807) is 6.07 Å². The van der Waals surface area contributed by atoms with Crippen molar-refractivity contribution in [2.75, 3.05) is 13.2 Å². The van der Waals surface area contributed by atoms with E-state index in [9.17, 15) is 13.6 Å². The Morgan fingerprint density at radius 1 is 1.14 bits per heavy atom. The van der Waals surface area contributed by atoms with Crippen molar-refractivity contribution in [3.8, 4) is 5.75 Å². The summed E-state index contributed by atoms with van der Waals surface area (Å²) >= 11 is 0. The van der Waals surface area contributed by atoms with Gasteiger partial charge in [-0.3, -0.25) is 4.79 Å². The fraction of sp³-hybridized carbons (Fsp3) is 0.188. The van der Waals surface area contributed by atoms with Crippen LogP contribution < -0.4 is 10.1 Å². The number of rotatable bonds is 5. The lowest BCUT2D eigenvalue weighted by molar-refractivity contribution is 0.0938. The van der Waals surface area contributed by atoms with Crippen LogP contribution in [0.15, 0.2) is 42.5 Å². The first-order valence-electron chi connectivity index (χ1n) is 6.49. The van der Waals surface area contributed by atoms with E-state index in [4.69, 9.17) is 4.74 Å². The minimum atomic E-state index is -0.882. The maximum Gasteiger partial charge on any atom is 0.257 e. The van der Waals surface area contributed by atoms with Crippen molar-refractivity contribution in [1.82, 2.24) is 5.32 Å². The average molecular weight is 291 g/mol. The molecule has 2 aromatic rings. The summed E-state index contributed by atoms with van der Waals surface area (Å²) in [6.45, 7) is 2.31. The van der Waals surface area contributed by atoms with Crippen LogP contribution in [0.4, 0.5) is 8.78 Å². The standard InChI is InChI=1S/C16H15F2NO2/c1-11-4-2-5-12(10-11)21-9-8-19-16(20)15-13(17)6-3-7-14(15)18/h2-7,10H,8-9H2,1H3,(H,19,20). The molecule has 0 heterocycles. The second-order valence-corrected chi connectivity index (χ2v) is 4.52. The van der Waals surface area contributed by atoms with Gasteiger partial charge >= 0.3 is 0 Å². The molecule has 1 N–H and O–H groups in total. The molecule has 0 saturated heterocycles. The molecule has 0 radical (unpaired) electrons. The van der Waals surface area contributed by atoms with Gasteiger partial charge in [0.2, 0.25) is 0 Å². The number of ether oxygens (including phenoxy) is 1. The second kappa shape index (κ2) is 6.83. The van der Waals surface area contributed by atoms with E-state index >= 15 is 0 Å². The number of carbonyl (C=O) groups excluding carboxylic acids is 1. The molecule has 0 spiro atoms. The Balaban J connectivity index is 1.85. The second-order valence-electron chi connectivity index (χ2n) is 4.52. The van der Waals surface area contributed by atoms with Crippen LogP contribution in [0.3, 0.4) is 0 Å². The molecule has 2 aromatic carbocycles. The molecule has 0 aliphatic carbocycles. The van der Waals surface area contributed by atoms with E-state index in [1.165, 1.54) is 6.07 Å². The fourth-order valence-corrected chi connectivity index (χ4v) is 1.84. The molecule has 0 bridgehead atoms. The molecule has 3 nitrogen and oxygen atoms in total. The van der Waals surface area contributed by atoms with E-state index in [2.05, 4.69) is 5.32 Å². The number of carbonyl (C=O) groups is 1. The van der Waals surface area contributed by atoms with Gasteiger partial charge in [0.05, 0.1) is 6.54 Å². The summed E-state index contributed by atoms with van der Waals surface area (Å²) in [5, 5.41) is 2.42. The first-order chi connectivity index (χ1) is 10.1. The molecule has 5 heteroatoms. The summed E-state index contributed by atoms with van der Waals surface area (Å²) in [7, 11) is 0. The zero-order valence-electron chi connectivity index (χ0n) is 11.5. The number of amides is 1. The van der Waals surface area contributed by atoms with Crippen molar-refractivity contribution in [3.63, 3.8) is 0 Å². The van der Waals surface area contributed by atoms with Gasteiger partial charge in [-0.05, 0) is 36.8 Å². The van der Waals surface area contributed by atoms with Crippen LogP contribution in [-0.4, -0.2) is 19.1 Å². The highest BCUT2D eigenvalue weighted by Gasteiger charge is 2.16. The number of hydrogen-bond acceptors (Lipinski definition) is 2. The van der Waals surface area contributed by atoms with Gasteiger partial charge in [-0.25, -0.2) is 8.78 Å². The molecule has 0 atom stereocenters. The summed E-state index contributed by atoms with van der Waals surface area (Å²) in [5.74, 6) is -1.88. The molecule has 2 rings (SSSR count). The fourth-order valence-electron chi connectivity index (χ4n) is 1.84. The van der Waals surface area contributed by atoms with Crippen molar-refractivity contribution in [3.05, 3.63) is 65.2 Å². The molecular formula is C16H15F2NO2. The van der Waals surface area contributed by atoms with Gasteiger partial charge in [0.25, 0.3) is 5.91 Å². The van der Waals surface area contributed by atoms with Gasteiger partial charge in [-0.2, -0.15) is 0 Å². The number of nitrogens with one attached hydrogen (secondary N) is 1. The van der Waals surface area contributed by atoms with E-state index in [1.807, 2.05) is 25.1 Å². The van der Waals surface area contributed by atoms with Gasteiger partial charge < -0.3 is 10.1 Å². The Labute approximate surface area is 121 Å². The molecule has 110 valence electrons. The predicted octanol–water partition coefficient (Wildman–Crippen LogP) is 3.08. The number of hydrogen-bond donors (Lipinski definition) is 1. The molecule has 0 aliphatic heterocycles. The quantitative estimate of drug-likeness (QED) is 0.860. The van der Waals surface area contributed by atoms with Crippen molar-refractivity contribution < 1.29 is 18.3 Å². The van der Waals surface area contributed by atoms with Crippen molar-refractivity contribution in [2.24, 2.45) is 0 Å². The maximum absolute atomic E-state index is 13.4. The summed E-state index contributed by atoms with van der Waals surface area (Å²) < 4.78 is 32.2. The third-order valence-corrected chi connectivity index (χ3v) is 2.84. The van der Waals surface area contributed by atoms with Gasteiger partial charge in [0.15, 0.2) is 0 Å². The highest BCUT2D eigenvalue weighted by molar-refractivity contribution is 5.94. The SMILES string of the molecule is Cc1cccc(OCCNC(=O)c2c(F)cccc2F)c1. The molecule has 0 fully saturated rings. The molecule has 0 saturated carbocycles. The van der Waals surface area contributed by atoms with Crippen LogP contribution in [0.5, 0.6) is 5.75 Å². The zero-order valence-corrected chi connectivity index (χ0v) is 11.5. The Morgan fingerprint density at radius 3 is 2.48 bits per heavy atom. The first kappa shape index (κ1) is 15.0. The maximum atomic E-state index is 13.4. The Morgan fingerprint density at radius 2 is 1.81 bits per heavy atom. The van der Waals surface area contributed by atoms with Crippen molar-refractivity contribution in [2.45, 2.75) is 6.92 Å². The lowest BCUT2D eigenvalue weighted by Crippen LogP contribution is -2.29. The lowest BCUT2D eigenvalue weighted by Gasteiger charge is -2.09. The lowest BCUT2D eigenvalue weighted by atomic mass is 10.2. The Hall–Kier alpha value is -2.43. The third kappa shape index (κ3) is 4.02. The Bertz CT molecular complexity index is 624. The van der Waals surface area contributed by atoms with Gasteiger partial charge in [-0.15, -0.1) is 0 Å². The molecule has 0 aromatic heterocycles. The summed E-state index contributed by atoms with van der Waals surface area (Å²) in [4.78, 5) is 11.7. The van der Waals surface area contributed by atoms with Crippen LogP contribution in [0, 0.1) is 18.6 Å². The van der Waals surface area contributed by atoms with Crippen molar-refractivity contribution in [1.29, 1.82) is 0 Å². The molecule has 0 unspecified atom stereocenters. The molecule has 21 heavy (non-hydrogen) atoms. The first-order valence-corrected chi connectivity index (χ1v) is 6.49. The zero-order chi connectivity index (χ0) is 15.2.